The minimum Gasteiger partial charge on any atom is -0.496 e. The molecule has 2 N–H and O–H groups in total. The molecule has 0 aliphatic rings. The van der Waals surface area contributed by atoms with Gasteiger partial charge in [0.15, 0.2) is 0 Å². The highest BCUT2D eigenvalue weighted by Crippen LogP contribution is 2.30. The van der Waals surface area contributed by atoms with E-state index in [1.54, 1.807) is 25.4 Å². The first-order valence-electron chi connectivity index (χ1n) is 4.57. The fourth-order valence-electron chi connectivity index (χ4n) is 1.36. The van der Waals surface area contributed by atoms with Crippen LogP contribution in [0.25, 0.3) is 11.5 Å². The number of hydrogen-bond acceptors (Lipinski definition) is 4. The van der Waals surface area contributed by atoms with Gasteiger partial charge in [0, 0.05) is 11.8 Å². The Morgan fingerprint density at radius 3 is 2.80 bits per heavy atom. The van der Waals surface area contributed by atoms with Crippen LogP contribution in [0.5, 0.6) is 5.75 Å². The molecule has 0 unspecified atom stereocenters. The van der Waals surface area contributed by atoms with Crippen molar-refractivity contribution in [2.24, 2.45) is 0 Å². The minimum absolute atomic E-state index is 0.546. The zero-order chi connectivity index (χ0) is 10.8. The van der Waals surface area contributed by atoms with E-state index in [4.69, 9.17) is 14.9 Å². The molecule has 2 aromatic rings. The van der Waals surface area contributed by atoms with Gasteiger partial charge in [0.05, 0.1) is 18.9 Å². The Hall–Kier alpha value is -1.97. The number of aromatic nitrogens is 1. The summed E-state index contributed by atoms with van der Waals surface area (Å²) in [6.45, 7) is 1.85. The van der Waals surface area contributed by atoms with Crippen LogP contribution in [0.4, 0.5) is 5.69 Å². The van der Waals surface area contributed by atoms with Gasteiger partial charge in [0.25, 0.3) is 0 Å². The molecule has 0 radical (unpaired) electrons. The number of ether oxygens (including phenoxy) is 1. The largest absolute Gasteiger partial charge is 0.496 e. The minimum atomic E-state index is 0.546. The number of benzene rings is 1. The first kappa shape index (κ1) is 9.58. The lowest BCUT2D eigenvalue weighted by Crippen LogP contribution is -1.91. The van der Waals surface area contributed by atoms with Crippen LogP contribution in [-0.2, 0) is 0 Å². The monoisotopic (exact) mass is 204 g/mol. The fraction of sp³-hybridized carbons (Fsp3) is 0.182. The molecule has 0 aliphatic heterocycles. The number of oxazole rings is 1. The maximum Gasteiger partial charge on any atom is 0.229 e. The van der Waals surface area contributed by atoms with E-state index in [2.05, 4.69) is 4.98 Å². The van der Waals surface area contributed by atoms with Crippen LogP contribution in [-0.4, -0.2) is 12.1 Å². The summed E-state index contributed by atoms with van der Waals surface area (Å²) in [5.74, 6) is 1.98. The van der Waals surface area contributed by atoms with Gasteiger partial charge in [0.1, 0.15) is 11.5 Å². The lowest BCUT2D eigenvalue weighted by Gasteiger charge is -2.05. The van der Waals surface area contributed by atoms with E-state index in [9.17, 15) is 0 Å². The summed E-state index contributed by atoms with van der Waals surface area (Å²) in [6, 6.07) is 5.37. The van der Waals surface area contributed by atoms with Crippen molar-refractivity contribution in [1.29, 1.82) is 0 Å². The van der Waals surface area contributed by atoms with Crippen molar-refractivity contribution in [1.82, 2.24) is 4.98 Å². The zero-order valence-corrected chi connectivity index (χ0v) is 8.65. The summed E-state index contributed by atoms with van der Waals surface area (Å²) < 4.78 is 10.6. The van der Waals surface area contributed by atoms with E-state index in [-0.39, 0.29) is 0 Å². The van der Waals surface area contributed by atoms with Gasteiger partial charge in [0.2, 0.25) is 5.89 Å². The number of methoxy groups -OCH3 is 1. The van der Waals surface area contributed by atoms with Crippen molar-refractivity contribution in [2.45, 2.75) is 6.92 Å². The number of nitrogen functional groups attached to an aromatic ring is 1. The predicted octanol–water partition coefficient (Wildman–Crippen LogP) is 2.24. The molecule has 0 spiro atoms. The van der Waals surface area contributed by atoms with Crippen LogP contribution in [0.3, 0.4) is 0 Å². The molecular weight excluding hydrogens is 192 g/mol. The SMILES string of the molecule is COc1cc(N)ccc1-c1ncc(C)o1. The first-order chi connectivity index (χ1) is 7.20. The molecule has 4 heteroatoms. The van der Waals surface area contributed by atoms with E-state index in [0.717, 1.165) is 11.3 Å². The molecule has 4 nitrogen and oxygen atoms in total. The number of rotatable bonds is 2. The second-order valence-electron chi connectivity index (χ2n) is 3.24. The van der Waals surface area contributed by atoms with Crippen LogP contribution < -0.4 is 10.5 Å². The molecular formula is C11H12N2O2. The third kappa shape index (κ3) is 1.79. The van der Waals surface area contributed by atoms with Crippen LogP contribution >= 0.6 is 0 Å². The van der Waals surface area contributed by atoms with E-state index in [1.165, 1.54) is 0 Å². The van der Waals surface area contributed by atoms with Gasteiger partial charge < -0.3 is 14.9 Å². The van der Waals surface area contributed by atoms with Gasteiger partial charge >= 0.3 is 0 Å². The average Bonchev–Trinajstić information content (AvgIpc) is 2.64. The molecule has 1 aromatic carbocycles. The Balaban J connectivity index is 2.52. The van der Waals surface area contributed by atoms with E-state index in [1.807, 2.05) is 13.0 Å². The van der Waals surface area contributed by atoms with Crippen LogP contribution in [0.1, 0.15) is 5.76 Å². The zero-order valence-electron chi connectivity index (χ0n) is 8.65. The van der Waals surface area contributed by atoms with Crippen molar-refractivity contribution in [3.05, 3.63) is 30.2 Å². The molecule has 0 amide bonds. The van der Waals surface area contributed by atoms with Gasteiger partial charge in [-0.2, -0.15) is 0 Å². The maximum atomic E-state index is 5.66. The van der Waals surface area contributed by atoms with Crippen LogP contribution in [0, 0.1) is 6.92 Å². The average molecular weight is 204 g/mol. The smallest absolute Gasteiger partial charge is 0.229 e. The van der Waals surface area contributed by atoms with Crippen LogP contribution in [0.15, 0.2) is 28.8 Å². The summed E-state index contributed by atoms with van der Waals surface area (Å²) in [5, 5.41) is 0. The summed E-state index contributed by atoms with van der Waals surface area (Å²) in [5.41, 5.74) is 7.11. The molecule has 0 saturated carbocycles. The summed E-state index contributed by atoms with van der Waals surface area (Å²) in [7, 11) is 1.59. The number of aryl methyl sites for hydroxylation is 1. The van der Waals surface area contributed by atoms with Crippen LogP contribution in [0.2, 0.25) is 0 Å². The van der Waals surface area contributed by atoms with E-state index < -0.39 is 0 Å². The van der Waals surface area contributed by atoms with Crippen molar-refractivity contribution in [2.75, 3.05) is 12.8 Å². The second kappa shape index (κ2) is 3.65. The molecule has 0 saturated heterocycles. The Morgan fingerprint density at radius 1 is 1.40 bits per heavy atom. The third-order valence-electron chi connectivity index (χ3n) is 2.08. The van der Waals surface area contributed by atoms with Gasteiger partial charge in [-0.15, -0.1) is 0 Å². The highest BCUT2D eigenvalue weighted by molar-refractivity contribution is 5.66. The summed E-state index contributed by atoms with van der Waals surface area (Å²) in [4.78, 5) is 4.14. The Bertz CT molecular complexity index is 477. The number of hydrogen-bond donors (Lipinski definition) is 1. The van der Waals surface area contributed by atoms with Crippen molar-refractivity contribution >= 4 is 5.69 Å². The number of anilines is 1. The normalized spacial score (nSPS) is 10.3. The summed E-state index contributed by atoms with van der Waals surface area (Å²) >= 11 is 0. The Labute approximate surface area is 87.7 Å². The number of nitrogens with two attached hydrogens (primary N) is 1. The summed E-state index contributed by atoms with van der Waals surface area (Å²) in [6.07, 6.45) is 1.67. The van der Waals surface area contributed by atoms with Gasteiger partial charge in [-0.3, -0.25) is 0 Å². The van der Waals surface area contributed by atoms with Gasteiger partial charge in [-0.1, -0.05) is 0 Å². The second-order valence-corrected chi connectivity index (χ2v) is 3.24. The first-order valence-corrected chi connectivity index (χ1v) is 4.57. The maximum absolute atomic E-state index is 5.66. The lowest BCUT2D eigenvalue weighted by atomic mass is 10.2. The Kier molecular flexibility index (Phi) is 2.33. The number of nitrogens with zero attached hydrogens (tertiary/aromatic N) is 1. The highest BCUT2D eigenvalue weighted by atomic mass is 16.5. The predicted molar refractivity (Wildman–Crippen MR) is 57.6 cm³/mol. The van der Waals surface area contributed by atoms with Gasteiger partial charge in [-0.25, -0.2) is 4.98 Å². The third-order valence-corrected chi connectivity index (χ3v) is 2.08. The van der Waals surface area contributed by atoms with Gasteiger partial charge in [-0.05, 0) is 19.1 Å². The molecule has 15 heavy (non-hydrogen) atoms. The quantitative estimate of drug-likeness (QED) is 0.762. The molecule has 2 rings (SSSR count). The molecule has 1 aromatic heterocycles. The van der Waals surface area contributed by atoms with E-state index in [0.29, 0.717) is 17.3 Å². The van der Waals surface area contributed by atoms with Crippen molar-refractivity contribution in [3.8, 4) is 17.2 Å². The fourth-order valence-corrected chi connectivity index (χ4v) is 1.36. The molecule has 0 aliphatic carbocycles. The standard InChI is InChI=1S/C11H12N2O2/c1-7-6-13-11(15-7)9-4-3-8(12)5-10(9)14-2/h3-6H,12H2,1-2H3. The Morgan fingerprint density at radius 2 is 2.20 bits per heavy atom. The lowest BCUT2D eigenvalue weighted by molar-refractivity contribution is 0.414. The molecule has 78 valence electrons. The highest BCUT2D eigenvalue weighted by Gasteiger charge is 2.10. The van der Waals surface area contributed by atoms with E-state index >= 15 is 0 Å². The van der Waals surface area contributed by atoms with Crippen molar-refractivity contribution < 1.29 is 9.15 Å². The molecule has 0 bridgehead atoms. The topological polar surface area (TPSA) is 61.3 Å². The molecule has 0 atom stereocenters. The van der Waals surface area contributed by atoms with Crippen molar-refractivity contribution in [3.63, 3.8) is 0 Å². The molecule has 1 heterocycles. The molecule has 0 fully saturated rings.